The highest BCUT2D eigenvalue weighted by Gasteiger charge is 2.19. The van der Waals surface area contributed by atoms with Gasteiger partial charge in [0, 0.05) is 18.5 Å². The molecule has 0 saturated carbocycles. The van der Waals surface area contributed by atoms with E-state index < -0.39 is 5.91 Å². The highest BCUT2D eigenvalue weighted by atomic mass is 16.5. The van der Waals surface area contributed by atoms with Gasteiger partial charge in [-0.3, -0.25) is 4.79 Å². The summed E-state index contributed by atoms with van der Waals surface area (Å²) < 4.78 is 12.1. The molecule has 1 aromatic carbocycles. The van der Waals surface area contributed by atoms with Gasteiger partial charge in [-0.2, -0.15) is 5.10 Å². The van der Waals surface area contributed by atoms with Gasteiger partial charge in [-0.25, -0.2) is 14.6 Å². The highest BCUT2D eigenvalue weighted by molar-refractivity contribution is 6.07. The number of hydrogen-bond donors (Lipinski definition) is 1. The zero-order valence-electron chi connectivity index (χ0n) is 13.1. The Hall–Kier alpha value is -3.42. The number of anilines is 1. The smallest absolute Gasteiger partial charge is 0.264 e. The van der Waals surface area contributed by atoms with Crippen molar-refractivity contribution < 1.29 is 14.3 Å². The van der Waals surface area contributed by atoms with E-state index in [1.165, 1.54) is 20.5 Å². The van der Waals surface area contributed by atoms with Crippen LogP contribution in [0.3, 0.4) is 0 Å². The number of hydrogen-bond acceptors (Lipinski definition) is 6. The monoisotopic (exact) mass is 325 g/mol. The number of benzene rings is 1. The quantitative estimate of drug-likeness (QED) is 0.771. The number of rotatable bonds is 5. The molecule has 0 aliphatic carbocycles. The van der Waals surface area contributed by atoms with Gasteiger partial charge in [-0.1, -0.05) is 6.07 Å². The number of nitrogens with one attached hydrogen (secondary N) is 1. The Morgan fingerprint density at radius 3 is 2.50 bits per heavy atom. The summed E-state index contributed by atoms with van der Waals surface area (Å²) in [7, 11) is 2.98. The van der Waals surface area contributed by atoms with Gasteiger partial charge in [0.1, 0.15) is 29.2 Å². The molecule has 0 saturated heterocycles. The molecule has 3 aromatic rings. The summed E-state index contributed by atoms with van der Waals surface area (Å²) in [6, 6.07) is 8.51. The molecule has 0 aliphatic rings. The third-order valence-electron chi connectivity index (χ3n) is 3.29. The van der Waals surface area contributed by atoms with E-state index in [0.29, 0.717) is 28.7 Å². The molecule has 0 bridgehead atoms. The first kappa shape index (κ1) is 15.5. The van der Waals surface area contributed by atoms with Gasteiger partial charge in [0.2, 0.25) is 0 Å². The zero-order valence-corrected chi connectivity index (χ0v) is 13.1. The first-order chi connectivity index (χ1) is 11.7. The summed E-state index contributed by atoms with van der Waals surface area (Å²) in [6.07, 6.45) is 4.74. The molecule has 0 fully saturated rings. The normalized spacial score (nSPS) is 10.2. The Labute approximate surface area is 138 Å². The second kappa shape index (κ2) is 6.78. The van der Waals surface area contributed by atoms with Crippen LogP contribution < -0.4 is 14.8 Å². The van der Waals surface area contributed by atoms with Gasteiger partial charge in [0.25, 0.3) is 5.91 Å². The molecular weight excluding hydrogens is 310 g/mol. The number of carbonyl (C=O) groups excluding carboxylic acids is 1. The molecule has 1 N–H and O–H groups in total. The van der Waals surface area contributed by atoms with Crippen molar-refractivity contribution in [3.63, 3.8) is 0 Å². The fourth-order valence-corrected chi connectivity index (χ4v) is 2.20. The van der Waals surface area contributed by atoms with Crippen molar-refractivity contribution in [3.8, 4) is 17.3 Å². The van der Waals surface area contributed by atoms with Gasteiger partial charge in [-0.15, -0.1) is 0 Å². The molecule has 8 nitrogen and oxygen atoms in total. The summed E-state index contributed by atoms with van der Waals surface area (Å²) >= 11 is 0. The summed E-state index contributed by atoms with van der Waals surface area (Å²) in [5.74, 6) is 1.31. The third-order valence-corrected chi connectivity index (χ3v) is 3.29. The van der Waals surface area contributed by atoms with Crippen molar-refractivity contribution >= 4 is 11.7 Å². The fourth-order valence-electron chi connectivity index (χ4n) is 2.20. The Bertz CT molecular complexity index is 826. The molecule has 8 heteroatoms. The van der Waals surface area contributed by atoms with E-state index in [9.17, 15) is 4.79 Å². The van der Waals surface area contributed by atoms with Crippen LogP contribution in [0.5, 0.6) is 11.5 Å². The maximum atomic E-state index is 12.6. The molecule has 122 valence electrons. The topological polar surface area (TPSA) is 91.2 Å². The Morgan fingerprint density at radius 1 is 1.12 bits per heavy atom. The van der Waals surface area contributed by atoms with Gasteiger partial charge in [-0.05, 0) is 18.2 Å². The van der Waals surface area contributed by atoms with Crippen LogP contribution in [0.25, 0.3) is 5.82 Å². The number of carbonyl (C=O) groups is 1. The van der Waals surface area contributed by atoms with E-state index in [2.05, 4.69) is 20.4 Å². The largest absolute Gasteiger partial charge is 0.496 e. The average Bonchev–Trinajstić information content (AvgIpc) is 3.15. The van der Waals surface area contributed by atoms with E-state index in [1.807, 2.05) is 0 Å². The van der Waals surface area contributed by atoms with E-state index in [0.717, 1.165) is 0 Å². The highest BCUT2D eigenvalue weighted by Crippen LogP contribution is 2.28. The summed E-state index contributed by atoms with van der Waals surface area (Å²) in [4.78, 5) is 20.8. The summed E-state index contributed by atoms with van der Waals surface area (Å²) in [6.45, 7) is 0. The van der Waals surface area contributed by atoms with Gasteiger partial charge in [0.15, 0.2) is 5.82 Å². The first-order valence-corrected chi connectivity index (χ1v) is 7.07. The third kappa shape index (κ3) is 3.02. The molecule has 1 amide bonds. The lowest BCUT2D eigenvalue weighted by Crippen LogP contribution is -2.16. The predicted octanol–water partition coefficient (Wildman–Crippen LogP) is 1.93. The van der Waals surface area contributed by atoms with E-state index in [1.54, 1.807) is 47.4 Å². The molecule has 0 radical (unpaired) electrons. The predicted molar refractivity (Wildman–Crippen MR) is 86.7 cm³/mol. The minimum atomic E-state index is -0.394. The van der Waals surface area contributed by atoms with E-state index in [4.69, 9.17) is 9.47 Å². The van der Waals surface area contributed by atoms with Crippen LogP contribution in [0.4, 0.5) is 5.82 Å². The molecule has 24 heavy (non-hydrogen) atoms. The standard InChI is InChI=1S/C16H15N5O3/c1-23-11-5-3-6-12(24-2)15(11)16(22)20-13-9-14(18-10-17-13)21-8-4-7-19-21/h3-10H,1-2H3,(H,17,18,20,22). The van der Waals surface area contributed by atoms with Crippen LogP contribution >= 0.6 is 0 Å². The average molecular weight is 325 g/mol. The minimum Gasteiger partial charge on any atom is -0.496 e. The van der Waals surface area contributed by atoms with Crippen LogP contribution in [0.2, 0.25) is 0 Å². The van der Waals surface area contributed by atoms with Crippen molar-refractivity contribution in [2.75, 3.05) is 19.5 Å². The van der Waals surface area contributed by atoms with Crippen LogP contribution in [-0.4, -0.2) is 39.9 Å². The summed E-state index contributed by atoms with van der Waals surface area (Å²) in [5, 5.41) is 6.81. The van der Waals surface area contributed by atoms with Crippen LogP contribution in [0.15, 0.2) is 49.1 Å². The molecule has 0 unspecified atom stereocenters. The van der Waals surface area contributed by atoms with Crippen LogP contribution in [0.1, 0.15) is 10.4 Å². The van der Waals surface area contributed by atoms with Crippen molar-refractivity contribution in [2.24, 2.45) is 0 Å². The zero-order chi connectivity index (χ0) is 16.9. The van der Waals surface area contributed by atoms with Crippen LogP contribution in [0, 0.1) is 0 Å². The number of nitrogens with zero attached hydrogens (tertiary/aromatic N) is 4. The van der Waals surface area contributed by atoms with Gasteiger partial charge < -0.3 is 14.8 Å². The van der Waals surface area contributed by atoms with Gasteiger partial charge >= 0.3 is 0 Å². The van der Waals surface area contributed by atoms with E-state index in [-0.39, 0.29) is 0 Å². The number of methoxy groups -OCH3 is 2. The Morgan fingerprint density at radius 2 is 1.88 bits per heavy atom. The minimum absolute atomic E-state index is 0.293. The molecule has 2 aromatic heterocycles. The Balaban J connectivity index is 1.90. The number of aromatic nitrogens is 4. The van der Waals surface area contributed by atoms with Crippen molar-refractivity contribution in [2.45, 2.75) is 0 Å². The van der Waals surface area contributed by atoms with E-state index >= 15 is 0 Å². The number of amides is 1. The SMILES string of the molecule is COc1cccc(OC)c1C(=O)Nc1cc(-n2cccn2)ncn1. The lowest BCUT2D eigenvalue weighted by Gasteiger charge is -2.12. The molecule has 0 atom stereocenters. The molecular formula is C16H15N5O3. The maximum absolute atomic E-state index is 12.6. The molecule has 2 heterocycles. The number of ether oxygens (including phenoxy) is 2. The molecule has 3 rings (SSSR count). The van der Waals surface area contributed by atoms with Crippen molar-refractivity contribution in [1.82, 2.24) is 19.7 Å². The second-order valence-electron chi connectivity index (χ2n) is 4.70. The lowest BCUT2D eigenvalue weighted by molar-refractivity contribution is 0.102. The van der Waals surface area contributed by atoms with Crippen LogP contribution in [-0.2, 0) is 0 Å². The lowest BCUT2D eigenvalue weighted by atomic mass is 10.1. The molecule has 0 spiro atoms. The first-order valence-electron chi connectivity index (χ1n) is 7.07. The second-order valence-corrected chi connectivity index (χ2v) is 4.70. The fraction of sp³-hybridized carbons (Fsp3) is 0.125. The maximum Gasteiger partial charge on any atom is 0.264 e. The van der Waals surface area contributed by atoms with Gasteiger partial charge in [0.05, 0.1) is 14.2 Å². The molecule has 0 aliphatic heterocycles. The van der Waals surface area contributed by atoms with Crippen molar-refractivity contribution in [3.05, 3.63) is 54.6 Å². The summed E-state index contributed by atoms with van der Waals surface area (Å²) in [5.41, 5.74) is 0.293. The Kier molecular flexibility index (Phi) is 4.37. The van der Waals surface area contributed by atoms with Crippen molar-refractivity contribution in [1.29, 1.82) is 0 Å².